The number of piperidine rings is 1. The van der Waals surface area contributed by atoms with Gasteiger partial charge in [-0.2, -0.15) is 0 Å². The van der Waals surface area contributed by atoms with Crippen LogP contribution in [0.5, 0.6) is 0 Å². The molecular weight excluding hydrogens is 384 g/mol. The Bertz CT molecular complexity index is 690. The highest BCUT2D eigenvalue weighted by Crippen LogP contribution is 2.18. The van der Waals surface area contributed by atoms with Gasteiger partial charge in [-0.3, -0.25) is 14.5 Å². The Morgan fingerprint density at radius 2 is 2.24 bits per heavy atom. The average Bonchev–Trinajstić information content (AvgIpc) is 3.13. The van der Waals surface area contributed by atoms with Crippen LogP contribution < -0.4 is 5.32 Å². The van der Waals surface area contributed by atoms with Gasteiger partial charge in [-0.15, -0.1) is 11.3 Å². The van der Waals surface area contributed by atoms with E-state index in [9.17, 15) is 9.59 Å². The Balaban J connectivity index is 1.99. The summed E-state index contributed by atoms with van der Waals surface area (Å²) in [6.45, 7) is 11.4. The lowest BCUT2D eigenvalue weighted by molar-refractivity contribution is -0.137. The van der Waals surface area contributed by atoms with E-state index in [4.69, 9.17) is 0 Å². The van der Waals surface area contributed by atoms with Crippen molar-refractivity contribution in [3.05, 3.63) is 28.9 Å². The number of carbonyl (C=O) groups excluding carboxylic acids is 2. The van der Waals surface area contributed by atoms with Gasteiger partial charge in [0.05, 0.1) is 11.0 Å². The van der Waals surface area contributed by atoms with E-state index in [1.807, 2.05) is 33.2 Å². The predicted octanol–water partition coefficient (Wildman–Crippen LogP) is 3.37. The van der Waals surface area contributed by atoms with Crippen LogP contribution in [-0.2, 0) is 16.0 Å². The summed E-state index contributed by atoms with van der Waals surface area (Å²) in [5, 5.41) is 6.20. The van der Waals surface area contributed by atoms with Gasteiger partial charge in [0.15, 0.2) is 0 Å². The Morgan fingerprint density at radius 3 is 2.83 bits per heavy atom. The van der Waals surface area contributed by atoms with Crippen LogP contribution in [0.3, 0.4) is 0 Å². The van der Waals surface area contributed by atoms with Gasteiger partial charge < -0.3 is 10.2 Å². The van der Waals surface area contributed by atoms with Crippen LogP contribution in [0.15, 0.2) is 18.2 Å². The highest BCUT2D eigenvalue weighted by molar-refractivity contribution is 7.09. The summed E-state index contributed by atoms with van der Waals surface area (Å²) in [4.78, 5) is 34.4. The summed E-state index contributed by atoms with van der Waals surface area (Å²) < 4.78 is 0. The number of likely N-dealkylation sites (N-methyl/N-ethyl adjacent to an activating group) is 1. The molecule has 6 nitrogen and oxygen atoms in total. The van der Waals surface area contributed by atoms with Crippen LogP contribution in [0.1, 0.15) is 56.7 Å². The molecule has 0 aromatic carbocycles. The monoisotopic (exact) mass is 420 g/mol. The Kier molecular flexibility index (Phi) is 9.30. The maximum absolute atomic E-state index is 13.2. The first kappa shape index (κ1) is 23.5. The van der Waals surface area contributed by atoms with Gasteiger partial charge >= 0.3 is 0 Å². The van der Waals surface area contributed by atoms with E-state index in [1.165, 1.54) is 0 Å². The van der Waals surface area contributed by atoms with Crippen LogP contribution >= 0.6 is 11.3 Å². The van der Waals surface area contributed by atoms with Crippen molar-refractivity contribution in [2.75, 3.05) is 20.1 Å². The van der Waals surface area contributed by atoms with Crippen molar-refractivity contribution in [1.29, 1.82) is 0 Å². The van der Waals surface area contributed by atoms with Gasteiger partial charge in [0.1, 0.15) is 6.04 Å². The van der Waals surface area contributed by atoms with Crippen LogP contribution in [-0.4, -0.2) is 58.8 Å². The molecule has 0 spiro atoms. The lowest BCUT2D eigenvalue weighted by Crippen LogP contribution is -2.56. The number of carbonyl (C=O) groups is 2. The molecule has 1 fully saturated rings. The maximum atomic E-state index is 13.2. The standard InChI is InChI=1S/C22H36N4O2S/c1-6-16(3)20(24-21(27)18-11-8-9-13-25(18)5)22(28)26(7-2)14-10-12-19-23-17(4)15-29-19/h7,15-16,18,20H,2,6,8-14H2,1,3-5H3,(H,24,27). The maximum Gasteiger partial charge on any atom is 0.249 e. The zero-order chi connectivity index (χ0) is 21.4. The molecule has 162 valence electrons. The molecule has 7 heteroatoms. The number of thiazole rings is 1. The number of aryl methyl sites for hydroxylation is 2. The second-order valence-corrected chi connectivity index (χ2v) is 9.01. The average molecular weight is 421 g/mol. The van der Waals surface area contributed by atoms with Gasteiger partial charge in [0.2, 0.25) is 11.8 Å². The number of aromatic nitrogens is 1. The number of amides is 2. The van der Waals surface area contributed by atoms with Crippen LogP contribution in [0.2, 0.25) is 0 Å². The number of nitrogens with one attached hydrogen (secondary N) is 1. The van der Waals surface area contributed by atoms with Gasteiger partial charge in [-0.25, -0.2) is 4.98 Å². The van der Waals surface area contributed by atoms with Crippen LogP contribution in [0.4, 0.5) is 0 Å². The first-order valence-corrected chi connectivity index (χ1v) is 11.6. The molecule has 1 aliphatic heterocycles. The van der Waals surface area contributed by atoms with Crippen molar-refractivity contribution < 1.29 is 9.59 Å². The number of hydrogen-bond acceptors (Lipinski definition) is 5. The van der Waals surface area contributed by atoms with Crippen molar-refractivity contribution in [1.82, 2.24) is 20.1 Å². The summed E-state index contributed by atoms with van der Waals surface area (Å²) in [5.41, 5.74) is 1.04. The van der Waals surface area contributed by atoms with E-state index >= 15 is 0 Å². The number of rotatable bonds is 10. The van der Waals surface area contributed by atoms with Crippen molar-refractivity contribution in [2.45, 2.75) is 71.4 Å². The summed E-state index contributed by atoms with van der Waals surface area (Å²) >= 11 is 1.65. The molecule has 0 aliphatic carbocycles. The van der Waals surface area contributed by atoms with Gasteiger partial charge in [-0.1, -0.05) is 33.3 Å². The van der Waals surface area contributed by atoms with E-state index in [0.29, 0.717) is 6.54 Å². The minimum absolute atomic E-state index is 0.0341. The third-order valence-corrected chi connectivity index (χ3v) is 6.84. The Labute approximate surface area is 179 Å². The molecule has 29 heavy (non-hydrogen) atoms. The second-order valence-electron chi connectivity index (χ2n) is 8.06. The largest absolute Gasteiger partial charge is 0.343 e. The molecule has 1 saturated heterocycles. The smallest absolute Gasteiger partial charge is 0.249 e. The molecule has 0 bridgehead atoms. The van der Waals surface area contributed by atoms with Gasteiger partial charge in [0, 0.05) is 24.0 Å². The van der Waals surface area contributed by atoms with E-state index in [2.05, 4.69) is 21.8 Å². The van der Waals surface area contributed by atoms with Crippen molar-refractivity contribution in [3.8, 4) is 0 Å². The lowest BCUT2D eigenvalue weighted by Gasteiger charge is -2.34. The normalized spacial score (nSPS) is 19.4. The Morgan fingerprint density at radius 1 is 1.48 bits per heavy atom. The molecule has 2 rings (SSSR count). The summed E-state index contributed by atoms with van der Waals surface area (Å²) in [6.07, 6.45) is 7.09. The van der Waals surface area contributed by atoms with Gasteiger partial charge in [-0.05, 0) is 51.9 Å². The van der Waals surface area contributed by atoms with Crippen LogP contribution in [0, 0.1) is 12.8 Å². The zero-order valence-electron chi connectivity index (χ0n) is 18.3. The fraction of sp³-hybridized carbons (Fsp3) is 0.682. The highest BCUT2D eigenvalue weighted by atomic mass is 32.1. The number of likely N-dealkylation sites (tertiary alicyclic amines) is 1. The molecule has 3 unspecified atom stereocenters. The van der Waals surface area contributed by atoms with Crippen LogP contribution in [0.25, 0.3) is 0 Å². The van der Waals surface area contributed by atoms with E-state index in [1.54, 1.807) is 22.4 Å². The third kappa shape index (κ3) is 6.64. The highest BCUT2D eigenvalue weighted by Gasteiger charge is 2.33. The number of hydrogen-bond donors (Lipinski definition) is 1. The SMILES string of the molecule is C=CN(CCCc1nc(C)cs1)C(=O)C(NC(=O)C1CCCCN1C)C(C)CC. The first-order valence-electron chi connectivity index (χ1n) is 10.7. The molecule has 0 radical (unpaired) electrons. The lowest BCUT2D eigenvalue weighted by atomic mass is 9.96. The minimum Gasteiger partial charge on any atom is -0.343 e. The van der Waals surface area contributed by atoms with E-state index in [0.717, 1.165) is 55.8 Å². The molecule has 0 saturated carbocycles. The molecule has 1 aliphatic rings. The predicted molar refractivity (Wildman–Crippen MR) is 119 cm³/mol. The fourth-order valence-corrected chi connectivity index (χ4v) is 4.55. The molecule has 3 atom stereocenters. The summed E-state index contributed by atoms with van der Waals surface area (Å²) in [5.74, 6) is -0.0472. The first-order chi connectivity index (χ1) is 13.9. The number of nitrogens with zero attached hydrogens (tertiary/aromatic N) is 3. The topological polar surface area (TPSA) is 65.5 Å². The molecule has 2 amide bonds. The second kappa shape index (κ2) is 11.5. The molecule has 1 aromatic heterocycles. The molecule has 2 heterocycles. The van der Waals surface area contributed by atoms with Crippen molar-refractivity contribution in [2.24, 2.45) is 5.92 Å². The van der Waals surface area contributed by atoms with Gasteiger partial charge in [0.25, 0.3) is 0 Å². The Hall–Kier alpha value is -1.73. The summed E-state index contributed by atoms with van der Waals surface area (Å²) in [6, 6.07) is -0.670. The minimum atomic E-state index is -0.525. The molecule has 1 N–H and O–H groups in total. The van der Waals surface area contributed by atoms with Crippen molar-refractivity contribution in [3.63, 3.8) is 0 Å². The molecule has 1 aromatic rings. The quantitative estimate of drug-likeness (QED) is 0.630. The van der Waals surface area contributed by atoms with E-state index < -0.39 is 6.04 Å². The third-order valence-electron chi connectivity index (χ3n) is 5.81. The van der Waals surface area contributed by atoms with E-state index in [-0.39, 0.29) is 23.8 Å². The fourth-order valence-electron chi connectivity index (χ4n) is 3.73. The zero-order valence-corrected chi connectivity index (χ0v) is 19.1. The molecular formula is C22H36N4O2S. The summed E-state index contributed by atoms with van der Waals surface area (Å²) in [7, 11) is 1.99. The van der Waals surface area contributed by atoms with Crippen molar-refractivity contribution >= 4 is 23.2 Å².